The van der Waals surface area contributed by atoms with Crippen LogP contribution in [-0.4, -0.2) is 53.6 Å². The molecule has 7 nitrogen and oxygen atoms in total. The molecule has 0 atom stereocenters. The van der Waals surface area contributed by atoms with E-state index in [1.54, 1.807) is 11.0 Å². The second-order valence-corrected chi connectivity index (χ2v) is 8.41. The average molecular weight is 462 g/mol. The third kappa shape index (κ3) is 4.90. The Hall–Kier alpha value is -3.27. The topological polar surface area (TPSA) is 93.7 Å². The average Bonchev–Trinajstić information content (AvgIpc) is 2.79. The summed E-state index contributed by atoms with van der Waals surface area (Å²) in [6.07, 6.45) is 1.29. The maximum absolute atomic E-state index is 14.1. The summed E-state index contributed by atoms with van der Waals surface area (Å²) in [5, 5.41) is 17.5. The Morgan fingerprint density at radius 1 is 1.12 bits per heavy atom. The SMILES string of the molecule is O=C1CC2(CCN(C(=O)NCc3cc(NCCO)c(F)cc3F)CC2)Nc2ccc(F)cc21. The quantitative estimate of drug-likeness (QED) is 0.548. The molecular weight excluding hydrogens is 437 g/mol. The molecular formula is C23H25F3N4O3. The van der Waals surface area contributed by atoms with E-state index in [1.807, 2.05) is 0 Å². The van der Waals surface area contributed by atoms with Crippen molar-refractivity contribution in [3.8, 4) is 0 Å². The molecule has 2 aliphatic rings. The number of nitrogens with one attached hydrogen (secondary N) is 3. The highest BCUT2D eigenvalue weighted by Crippen LogP contribution is 2.37. The van der Waals surface area contributed by atoms with Crippen molar-refractivity contribution in [2.24, 2.45) is 0 Å². The Morgan fingerprint density at radius 2 is 1.88 bits per heavy atom. The predicted octanol–water partition coefficient (Wildman–Crippen LogP) is 3.25. The summed E-state index contributed by atoms with van der Waals surface area (Å²) in [6, 6.07) is 5.72. The number of carbonyl (C=O) groups is 2. The first-order valence-corrected chi connectivity index (χ1v) is 10.8. The summed E-state index contributed by atoms with van der Waals surface area (Å²) < 4.78 is 41.4. The predicted molar refractivity (Wildman–Crippen MR) is 117 cm³/mol. The standard InChI is InChI=1S/C23H25F3N4O3/c24-15-1-2-19-16(10-15)21(32)12-23(29-19)3-6-30(7-4-23)22(33)28-13-14-9-20(27-5-8-31)18(26)11-17(14)25/h1-2,9-11,27,29,31H,3-8,12-13H2,(H,28,33). The summed E-state index contributed by atoms with van der Waals surface area (Å²) >= 11 is 0. The number of likely N-dealkylation sites (tertiary alicyclic amines) is 1. The number of nitrogens with zero attached hydrogens (tertiary/aromatic N) is 1. The number of anilines is 2. The van der Waals surface area contributed by atoms with Gasteiger partial charge >= 0.3 is 6.03 Å². The number of rotatable bonds is 5. The van der Waals surface area contributed by atoms with Gasteiger partial charge in [-0.15, -0.1) is 0 Å². The lowest BCUT2D eigenvalue weighted by molar-refractivity contribution is 0.0915. The number of aliphatic hydroxyl groups excluding tert-OH is 1. The highest BCUT2D eigenvalue weighted by molar-refractivity contribution is 6.04. The molecule has 2 heterocycles. The Bertz CT molecular complexity index is 1070. The van der Waals surface area contributed by atoms with Crippen LogP contribution in [0.2, 0.25) is 0 Å². The number of halogens is 3. The molecule has 33 heavy (non-hydrogen) atoms. The highest BCUT2D eigenvalue weighted by atomic mass is 19.1. The number of benzene rings is 2. The number of hydrogen-bond acceptors (Lipinski definition) is 5. The molecule has 2 aromatic carbocycles. The number of amides is 2. The van der Waals surface area contributed by atoms with Gasteiger partial charge in [0, 0.05) is 61.0 Å². The van der Waals surface area contributed by atoms with Crippen LogP contribution in [0.4, 0.5) is 29.3 Å². The molecule has 176 valence electrons. The minimum atomic E-state index is -0.781. The fraction of sp³-hybridized carbons (Fsp3) is 0.391. The van der Waals surface area contributed by atoms with Crippen molar-refractivity contribution in [2.75, 3.05) is 36.9 Å². The van der Waals surface area contributed by atoms with Crippen LogP contribution in [-0.2, 0) is 6.54 Å². The van der Waals surface area contributed by atoms with Crippen molar-refractivity contribution in [1.82, 2.24) is 10.2 Å². The van der Waals surface area contributed by atoms with Crippen molar-refractivity contribution < 1.29 is 27.9 Å². The first-order chi connectivity index (χ1) is 15.8. The summed E-state index contributed by atoms with van der Waals surface area (Å²) in [7, 11) is 0. The normalized spacial score (nSPS) is 16.8. The highest BCUT2D eigenvalue weighted by Gasteiger charge is 2.41. The minimum Gasteiger partial charge on any atom is -0.395 e. The van der Waals surface area contributed by atoms with E-state index in [1.165, 1.54) is 18.2 Å². The van der Waals surface area contributed by atoms with Gasteiger partial charge in [0.25, 0.3) is 0 Å². The summed E-state index contributed by atoms with van der Waals surface area (Å²) in [5.74, 6) is -2.14. The maximum Gasteiger partial charge on any atom is 0.317 e. The zero-order chi connectivity index (χ0) is 23.6. The third-order valence-electron chi connectivity index (χ3n) is 6.18. The van der Waals surface area contributed by atoms with Crippen LogP contribution in [0.25, 0.3) is 0 Å². The largest absolute Gasteiger partial charge is 0.395 e. The molecule has 1 saturated heterocycles. The van der Waals surface area contributed by atoms with Gasteiger partial charge < -0.3 is 26.0 Å². The first kappa shape index (κ1) is 22.9. The number of hydrogen-bond donors (Lipinski definition) is 4. The Kier molecular flexibility index (Phi) is 6.46. The molecule has 4 N–H and O–H groups in total. The lowest BCUT2D eigenvalue weighted by Gasteiger charge is -2.45. The Morgan fingerprint density at radius 3 is 2.61 bits per heavy atom. The summed E-state index contributed by atoms with van der Waals surface area (Å²) in [4.78, 5) is 26.8. The molecule has 0 bridgehead atoms. The van der Waals surface area contributed by atoms with Gasteiger partial charge in [-0.1, -0.05) is 0 Å². The van der Waals surface area contributed by atoms with E-state index in [9.17, 15) is 22.8 Å². The first-order valence-electron chi connectivity index (χ1n) is 10.8. The number of urea groups is 1. The lowest BCUT2D eigenvalue weighted by atomic mass is 9.78. The van der Waals surface area contributed by atoms with Gasteiger partial charge in [0.05, 0.1) is 12.3 Å². The molecule has 2 aromatic rings. The van der Waals surface area contributed by atoms with Crippen molar-refractivity contribution in [3.05, 3.63) is 58.9 Å². The van der Waals surface area contributed by atoms with Crippen LogP contribution < -0.4 is 16.0 Å². The number of fused-ring (bicyclic) bond motifs is 1. The van der Waals surface area contributed by atoms with Crippen LogP contribution in [0.3, 0.4) is 0 Å². The molecule has 1 fully saturated rings. The van der Waals surface area contributed by atoms with Gasteiger partial charge in [0.15, 0.2) is 5.78 Å². The fourth-order valence-corrected chi connectivity index (χ4v) is 4.37. The van der Waals surface area contributed by atoms with E-state index < -0.39 is 23.0 Å². The van der Waals surface area contributed by atoms with Gasteiger partial charge in [0.2, 0.25) is 0 Å². The van der Waals surface area contributed by atoms with E-state index in [0.29, 0.717) is 37.2 Å². The molecule has 0 unspecified atom stereocenters. The third-order valence-corrected chi connectivity index (χ3v) is 6.18. The smallest absolute Gasteiger partial charge is 0.317 e. The van der Waals surface area contributed by atoms with Crippen LogP contribution >= 0.6 is 0 Å². The Labute approximate surface area is 189 Å². The van der Waals surface area contributed by atoms with Crippen LogP contribution in [0.15, 0.2) is 30.3 Å². The Balaban J connectivity index is 1.35. The molecule has 2 amide bonds. The molecule has 1 spiro atoms. The van der Waals surface area contributed by atoms with E-state index in [-0.39, 0.29) is 49.2 Å². The molecule has 2 aliphatic heterocycles. The zero-order valence-corrected chi connectivity index (χ0v) is 17.9. The molecule has 0 radical (unpaired) electrons. The molecule has 0 aromatic heterocycles. The van der Waals surface area contributed by atoms with Crippen molar-refractivity contribution >= 4 is 23.2 Å². The number of carbonyl (C=O) groups excluding carboxylic acids is 2. The fourth-order valence-electron chi connectivity index (χ4n) is 4.37. The van der Waals surface area contributed by atoms with E-state index >= 15 is 0 Å². The van der Waals surface area contributed by atoms with Gasteiger partial charge in [-0.2, -0.15) is 0 Å². The number of aliphatic hydroxyl groups is 1. The van der Waals surface area contributed by atoms with Crippen molar-refractivity contribution in [2.45, 2.75) is 31.3 Å². The van der Waals surface area contributed by atoms with E-state index in [4.69, 9.17) is 5.11 Å². The monoisotopic (exact) mass is 462 g/mol. The second kappa shape index (κ2) is 9.30. The summed E-state index contributed by atoms with van der Waals surface area (Å²) in [5.41, 5.74) is 0.609. The second-order valence-electron chi connectivity index (χ2n) is 8.41. The van der Waals surface area contributed by atoms with Crippen LogP contribution in [0, 0.1) is 17.5 Å². The number of piperidine rings is 1. The van der Waals surface area contributed by atoms with Crippen LogP contribution in [0.1, 0.15) is 35.2 Å². The molecule has 4 rings (SSSR count). The lowest BCUT2D eigenvalue weighted by Crippen LogP contribution is -2.55. The van der Waals surface area contributed by atoms with Gasteiger partial charge in [-0.25, -0.2) is 18.0 Å². The van der Waals surface area contributed by atoms with Crippen LogP contribution in [0.5, 0.6) is 0 Å². The van der Waals surface area contributed by atoms with E-state index in [2.05, 4.69) is 16.0 Å². The molecule has 0 aliphatic carbocycles. The zero-order valence-electron chi connectivity index (χ0n) is 17.9. The number of Topliss-reactive ketones (excluding diaryl/α,β-unsaturated/α-hetero) is 1. The maximum atomic E-state index is 14.1. The number of ketones is 1. The van der Waals surface area contributed by atoms with Gasteiger partial charge in [-0.05, 0) is 37.1 Å². The van der Waals surface area contributed by atoms with Gasteiger partial charge in [0.1, 0.15) is 17.5 Å². The van der Waals surface area contributed by atoms with Crippen molar-refractivity contribution in [3.63, 3.8) is 0 Å². The van der Waals surface area contributed by atoms with Gasteiger partial charge in [-0.3, -0.25) is 4.79 Å². The summed E-state index contributed by atoms with van der Waals surface area (Å²) in [6.45, 7) is 0.549. The minimum absolute atomic E-state index is 0.0443. The molecule has 0 saturated carbocycles. The van der Waals surface area contributed by atoms with E-state index in [0.717, 1.165) is 6.07 Å². The molecule has 10 heteroatoms. The van der Waals surface area contributed by atoms with Crippen molar-refractivity contribution in [1.29, 1.82) is 0 Å².